The molecule has 1 aromatic heterocycles. The number of nitrogens with one attached hydrogen (secondary N) is 1. The van der Waals surface area contributed by atoms with Crippen LogP contribution in [0.2, 0.25) is 0 Å². The number of aromatic nitrogens is 2. The molecular formula is C16H24N6O2. The fraction of sp³-hybridized carbons (Fsp3) is 0.625. The average Bonchev–Trinajstić information content (AvgIpc) is 3.09. The molecule has 1 aromatic rings. The Hall–Kier alpha value is -2.38. The van der Waals surface area contributed by atoms with Gasteiger partial charge in [0.2, 0.25) is 5.95 Å². The van der Waals surface area contributed by atoms with Crippen LogP contribution in [0.5, 0.6) is 0 Å². The number of urea groups is 1. The van der Waals surface area contributed by atoms with E-state index < -0.39 is 0 Å². The van der Waals surface area contributed by atoms with Gasteiger partial charge in [-0.1, -0.05) is 0 Å². The first-order chi connectivity index (χ1) is 11.5. The Kier molecular flexibility index (Phi) is 4.82. The summed E-state index contributed by atoms with van der Waals surface area (Å²) < 4.78 is 0. The third kappa shape index (κ3) is 3.58. The summed E-state index contributed by atoms with van der Waals surface area (Å²) in [5, 5.41) is 3.01. The van der Waals surface area contributed by atoms with Crippen LogP contribution in [0, 0.1) is 6.92 Å². The molecular weight excluding hydrogens is 308 g/mol. The molecule has 8 heteroatoms. The number of nitrogen functional groups attached to an aromatic ring is 1. The summed E-state index contributed by atoms with van der Waals surface area (Å²) in [6.45, 7) is 4.83. The lowest BCUT2D eigenvalue weighted by atomic mass is 10.0. The van der Waals surface area contributed by atoms with E-state index in [1.54, 1.807) is 6.92 Å². The highest BCUT2D eigenvalue weighted by molar-refractivity contribution is 5.95. The Morgan fingerprint density at radius 2 is 1.79 bits per heavy atom. The predicted octanol–water partition coefficient (Wildman–Crippen LogP) is 0.777. The number of carbonyl (C=O) groups excluding carboxylic acids is 2. The molecule has 2 fully saturated rings. The maximum atomic E-state index is 12.4. The third-order valence-electron chi connectivity index (χ3n) is 4.72. The molecule has 2 aliphatic heterocycles. The van der Waals surface area contributed by atoms with E-state index >= 15 is 0 Å². The maximum absolute atomic E-state index is 12.4. The number of hydrogen-bond donors (Lipinski definition) is 2. The Morgan fingerprint density at radius 1 is 1.17 bits per heavy atom. The van der Waals surface area contributed by atoms with Crippen molar-refractivity contribution in [2.75, 3.05) is 31.9 Å². The van der Waals surface area contributed by atoms with Crippen molar-refractivity contribution in [2.24, 2.45) is 0 Å². The normalized spacial score (nSPS) is 18.7. The van der Waals surface area contributed by atoms with Crippen molar-refractivity contribution >= 4 is 17.9 Å². The van der Waals surface area contributed by atoms with Gasteiger partial charge in [-0.3, -0.25) is 4.79 Å². The van der Waals surface area contributed by atoms with E-state index in [0.717, 1.165) is 38.8 Å². The molecule has 0 radical (unpaired) electrons. The molecule has 0 saturated carbocycles. The van der Waals surface area contributed by atoms with Crippen molar-refractivity contribution in [3.63, 3.8) is 0 Å². The summed E-state index contributed by atoms with van der Waals surface area (Å²) >= 11 is 0. The van der Waals surface area contributed by atoms with Crippen LogP contribution in [0.4, 0.5) is 10.7 Å². The number of anilines is 1. The summed E-state index contributed by atoms with van der Waals surface area (Å²) in [5.41, 5.74) is 6.53. The molecule has 8 nitrogen and oxygen atoms in total. The summed E-state index contributed by atoms with van der Waals surface area (Å²) in [6, 6.07) is 0.206. The number of hydrogen-bond acceptors (Lipinski definition) is 5. The predicted molar refractivity (Wildman–Crippen MR) is 89.4 cm³/mol. The van der Waals surface area contributed by atoms with Gasteiger partial charge in [0.15, 0.2) is 0 Å². The zero-order valence-electron chi connectivity index (χ0n) is 14.0. The Balaban J connectivity index is 1.51. The average molecular weight is 332 g/mol. The van der Waals surface area contributed by atoms with Gasteiger partial charge in [0.1, 0.15) is 0 Å². The first-order valence-electron chi connectivity index (χ1n) is 8.48. The van der Waals surface area contributed by atoms with Crippen LogP contribution in [-0.2, 0) is 0 Å². The first-order valence-corrected chi connectivity index (χ1v) is 8.48. The zero-order valence-corrected chi connectivity index (χ0v) is 14.0. The second-order valence-electron chi connectivity index (χ2n) is 6.44. The number of amides is 3. The Bertz CT molecular complexity index is 621. The van der Waals surface area contributed by atoms with Crippen molar-refractivity contribution in [3.05, 3.63) is 17.5 Å². The number of carbonyl (C=O) groups is 2. The standard InChI is InChI=1S/C16H24N6O2/c1-11-13(10-18-15(17)19-11)14(23)20-12-4-8-22(9-5-12)16(24)21-6-2-3-7-21/h10,12H,2-9H2,1H3,(H,20,23)(H2,17,18,19). The fourth-order valence-electron chi connectivity index (χ4n) is 3.29. The molecule has 2 aliphatic rings. The SMILES string of the molecule is Cc1nc(N)ncc1C(=O)NC1CCN(C(=O)N2CCCC2)CC1. The highest BCUT2D eigenvalue weighted by Crippen LogP contribution is 2.16. The van der Waals surface area contributed by atoms with Gasteiger partial charge in [-0.05, 0) is 32.6 Å². The Labute approximate surface area is 141 Å². The van der Waals surface area contributed by atoms with Crippen molar-refractivity contribution in [3.8, 4) is 0 Å². The minimum absolute atomic E-state index is 0.0667. The van der Waals surface area contributed by atoms with Crippen molar-refractivity contribution in [1.82, 2.24) is 25.1 Å². The van der Waals surface area contributed by atoms with Gasteiger partial charge >= 0.3 is 6.03 Å². The maximum Gasteiger partial charge on any atom is 0.319 e. The second kappa shape index (κ2) is 7.02. The molecule has 0 atom stereocenters. The van der Waals surface area contributed by atoms with Crippen LogP contribution < -0.4 is 11.1 Å². The van der Waals surface area contributed by atoms with Gasteiger partial charge in [-0.15, -0.1) is 0 Å². The summed E-state index contributed by atoms with van der Waals surface area (Å²) in [4.78, 5) is 36.4. The van der Waals surface area contributed by atoms with Gasteiger partial charge in [-0.25, -0.2) is 14.8 Å². The number of rotatable bonds is 2. The number of nitrogens with two attached hydrogens (primary N) is 1. The van der Waals surface area contributed by atoms with Gasteiger partial charge in [0.05, 0.1) is 11.3 Å². The van der Waals surface area contributed by atoms with Crippen molar-refractivity contribution < 1.29 is 9.59 Å². The van der Waals surface area contributed by atoms with Crippen LogP contribution in [0.15, 0.2) is 6.20 Å². The van der Waals surface area contributed by atoms with Crippen molar-refractivity contribution in [2.45, 2.75) is 38.6 Å². The van der Waals surface area contributed by atoms with Crippen LogP contribution >= 0.6 is 0 Å². The van der Waals surface area contributed by atoms with Crippen LogP contribution in [0.25, 0.3) is 0 Å². The number of likely N-dealkylation sites (tertiary alicyclic amines) is 2. The largest absolute Gasteiger partial charge is 0.368 e. The molecule has 3 N–H and O–H groups in total. The smallest absolute Gasteiger partial charge is 0.319 e. The third-order valence-corrected chi connectivity index (χ3v) is 4.72. The lowest BCUT2D eigenvalue weighted by Gasteiger charge is -2.34. The molecule has 3 rings (SSSR count). The molecule has 0 bridgehead atoms. The second-order valence-corrected chi connectivity index (χ2v) is 6.44. The molecule has 0 unspecified atom stereocenters. The van der Waals surface area contributed by atoms with E-state index in [0.29, 0.717) is 24.3 Å². The van der Waals surface area contributed by atoms with Gasteiger partial charge < -0.3 is 20.9 Å². The van der Waals surface area contributed by atoms with Crippen LogP contribution in [0.1, 0.15) is 41.7 Å². The lowest BCUT2D eigenvalue weighted by molar-refractivity contribution is 0.0911. The zero-order chi connectivity index (χ0) is 17.1. The monoisotopic (exact) mass is 332 g/mol. The molecule has 0 aromatic carbocycles. The topological polar surface area (TPSA) is 104 Å². The molecule has 130 valence electrons. The summed E-state index contributed by atoms with van der Waals surface area (Å²) in [6.07, 6.45) is 5.18. The summed E-state index contributed by atoms with van der Waals surface area (Å²) in [7, 11) is 0. The number of piperidine rings is 1. The van der Waals surface area contributed by atoms with E-state index in [4.69, 9.17) is 5.73 Å². The molecule has 3 amide bonds. The molecule has 2 saturated heterocycles. The molecule has 24 heavy (non-hydrogen) atoms. The van der Waals surface area contributed by atoms with E-state index in [1.165, 1.54) is 6.20 Å². The number of aryl methyl sites for hydroxylation is 1. The van der Waals surface area contributed by atoms with Gasteiger partial charge in [-0.2, -0.15) is 0 Å². The fourth-order valence-corrected chi connectivity index (χ4v) is 3.29. The van der Waals surface area contributed by atoms with Gasteiger partial charge in [0, 0.05) is 38.4 Å². The Morgan fingerprint density at radius 3 is 2.42 bits per heavy atom. The minimum atomic E-state index is -0.184. The quantitative estimate of drug-likeness (QED) is 0.832. The van der Waals surface area contributed by atoms with E-state index in [1.807, 2.05) is 9.80 Å². The number of nitrogens with zero attached hydrogens (tertiary/aromatic N) is 4. The van der Waals surface area contributed by atoms with Gasteiger partial charge in [0.25, 0.3) is 5.91 Å². The van der Waals surface area contributed by atoms with Crippen LogP contribution in [0.3, 0.4) is 0 Å². The van der Waals surface area contributed by atoms with Crippen molar-refractivity contribution in [1.29, 1.82) is 0 Å². The van der Waals surface area contributed by atoms with E-state index in [-0.39, 0.29) is 23.9 Å². The minimum Gasteiger partial charge on any atom is -0.368 e. The highest BCUT2D eigenvalue weighted by Gasteiger charge is 2.28. The van der Waals surface area contributed by atoms with E-state index in [2.05, 4.69) is 15.3 Å². The molecule has 0 spiro atoms. The lowest BCUT2D eigenvalue weighted by Crippen LogP contribution is -2.50. The molecule has 3 heterocycles. The highest BCUT2D eigenvalue weighted by atomic mass is 16.2. The molecule has 0 aliphatic carbocycles. The first kappa shape index (κ1) is 16.5. The summed E-state index contributed by atoms with van der Waals surface area (Å²) in [5.74, 6) is -0.0189. The van der Waals surface area contributed by atoms with Crippen LogP contribution in [-0.4, -0.2) is 63.9 Å². The van der Waals surface area contributed by atoms with E-state index in [9.17, 15) is 9.59 Å².